The van der Waals surface area contributed by atoms with Crippen molar-refractivity contribution in [3.63, 3.8) is 0 Å². The fourth-order valence-corrected chi connectivity index (χ4v) is 2.38. The summed E-state index contributed by atoms with van der Waals surface area (Å²) in [4.78, 5) is 11.7. The van der Waals surface area contributed by atoms with Crippen molar-refractivity contribution in [2.75, 3.05) is 5.73 Å². The molecule has 2 N–H and O–H groups in total. The molecule has 1 heterocycles. The Morgan fingerprint density at radius 3 is 2.82 bits per heavy atom. The van der Waals surface area contributed by atoms with Crippen molar-refractivity contribution in [1.82, 2.24) is 9.78 Å². The average Bonchev–Trinajstić information content (AvgIpc) is 2.72. The van der Waals surface area contributed by atoms with Gasteiger partial charge in [0.25, 0.3) is 0 Å². The van der Waals surface area contributed by atoms with Gasteiger partial charge in [0, 0.05) is 24.7 Å². The minimum Gasteiger partial charge on any atom is -0.457 e. The molecule has 2 rings (SSSR count). The van der Waals surface area contributed by atoms with Crippen molar-refractivity contribution in [3.05, 3.63) is 35.0 Å². The van der Waals surface area contributed by atoms with Crippen LogP contribution in [0.4, 0.5) is 5.69 Å². The van der Waals surface area contributed by atoms with Gasteiger partial charge in [-0.3, -0.25) is 4.68 Å². The van der Waals surface area contributed by atoms with E-state index in [1.807, 2.05) is 34.0 Å². The maximum Gasteiger partial charge on any atom is 0.330 e. The van der Waals surface area contributed by atoms with Crippen LogP contribution in [-0.2, 0) is 23.0 Å². The van der Waals surface area contributed by atoms with Crippen LogP contribution >= 0.6 is 11.6 Å². The van der Waals surface area contributed by atoms with Crippen molar-refractivity contribution >= 4 is 34.2 Å². The summed E-state index contributed by atoms with van der Waals surface area (Å²) in [6.07, 6.45) is 5.50. The number of halogens is 1. The third-order valence-corrected chi connectivity index (χ3v) is 3.32. The number of benzene rings is 1. The third-order valence-electron chi connectivity index (χ3n) is 3.01. The Kier molecular flexibility index (Phi) is 4.47. The zero-order valence-electron chi connectivity index (χ0n) is 13.2. The third kappa shape index (κ3) is 3.80. The zero-order valence-corrected chi connectivity index (χ0v) is 13.9. The number of aromatic nitrogens is 2. The second-order valence-electron chi connectivity index (χ2n) is 6.13. The van der Waals surface area contributed by atoms with E-state index in [2.05, 4.69) is 5.10 Å². The highest BCUT2D eigenvalue weighted by molar-refractivity contribution is 6.34. The molecule has 0 aliphatic heterocycles. The quantitative estimate of drug-likeness (QED) is 0.535. The van der Waals surface area contributed by atoms with Crippen LogP contribution in [-0.4, -0.2) is 21.4 Å². The van der Waals surface area contributed by atoms with Crippen LogP contribution in [0.3, 0.4) is 0 Å². The van der Waals surface area contributed by atoms with Crippen LogP contribution in [0, 0.1) is 0 Å². The predicted octanol–water partition coefficient (Wildman–Crippen LogP) is 3.25. The number of fused-ring (bicyclic) bond motifs is 1. The predicted molar refractivity (Wildman–Crippen MR) is 88.8 cm³/mol. The molecular weight excluding hydrogens is 302 g/mol. The van der Waals surface area contributed by atoms with Crippen molar-refractivity contribution in [2.24, 2.45) is 7.05 Å². The lowest BCUT2D eigenvalue weighted by atomic mass is 10.0. The van der Waals surface area contributed by atoms with E-state index < -0.39 is 5.60 Å². The number of nitrogens with two attached hydrogens (primary N) is 1. The van der Waals surface area contributed by atoms with E-state index in [1.165, 1.54) is 6.08 Å². The number of anilines is 1. The van der Waals surface area contributed by atoms with E-state index in [1.54, 1.807) is 16.8 Å². The Hall–Kier alpha value is -2.01. The smallest absolute Gasteiger partial charge is 0.330 e. The molecule has 22 heavy (non-hydrogen) atoms. The summed E-state index contributed by atoms with van der Waals surface area (Å²) in [7, 11) is 1.84. The fraction of sp³-hybridized carbons (Fsp3) is 0.375. The summed E-state index contributed by atoms with van der Waals surface area (Å²) >= 11 is 6.14. The Morgan fingerprint density at radius 2 is 2.18 bits per heavy atom. The molecule has 0 spiro atoms. The molecule has 5 nitrogen and oxygen atoms in total. The standard InChI is InChI=1S/C16H20ClN3O2/c1-16(2,3)22-14(21)7-5-6-10-11-9-20(4)19-13(11)8-12(17)15(10)18/h5,7-9H,6,18H2,1-4H3/b7-5+. The normalized spacial score (nSPS) is 12.2. The van der Waals surface area contributed by atoms with E-state index >= 15 is 0 Å². The first kappa shape index (κ1) is 16.4. The van der Waals surface area contributed by atoms with Crippen molar-refractivity contribution in [1.29, 1.82) is 0 Å². The summed E-state index contributed by atoms with van der Waals surface area (Å²) in [5.41, 5.74) is 7.70. The van der Waals surface area contributed by atoms with Gasteiger partial charge in [-0.05, 0) is 38.8 Å². The molecule has 1 aromatic carbocycles. The van der Waals surface area contributed by atoms with Gasteiger partial charge in [0.2, 0.25) is 0 Å². The molecule has 0 atom stereocenters. The van der Waals surface area contributed by atoms with Crippen LogP contribution in [0.1, 0.15) is 26.3 Å². The van der Waals surface area contributed by atoms with E-state index in [-0.39, 0.29) is 5.97 Å². The zero-order chi connectivity index (χ0) is 16.5. The number of esters is 1. The molecule has 118 valence electrons. The van der Waals surface area contributed by atoms with Crippen LogP contribution in [0.5, 0.6) is 0 Å². The lowest BCUT2D eigenvalue weighted by Gasteiger charge is -2.17. The van der Waals surface area contributed by atoms with Crippen LogP contribution in [0.2, 0.25) is 5.02 Å². The molecule has 0 aliphatic carbocycles. The van der Waals surface area contributed by atoms with Gasteiger partial charge in [-0.1, -0.05) is 17.7 Å². The number of rotatable bonds is 3. The molecule has 2 aromatic rings. The molecule has 0 aliphatic rings. The topological polar surface area (TPSA) is 70.1 Å². The number of nitrogens with zero attached hydrogens (tertiary/aromatic N) is 2. The molecule has 0 bridgehead atoms. The van der Waals surface area contributed by atoms with Gasteiger partial charge in [-0.15, -0.1) is 0 Å². The highest BCUT2D eigenvalue weighted by atomic mass is 35.5. The van der Waals surface area contributed by atoms with E-state index in [0.717, 1.165) is 16.5 Å². The van der Waals surface area contributed by atoms with Gasteiger partial charge in [0.05, 0.1) is 16.2 Å². The Balaban J connectivity index is 2.24. The second kappa shape index (κ2) is 6.01. The molecule has 0 fully saturated rings. The molecule has 0 amide bonds. The second-order valence-corrected chi connectivity index (χ2v) is 6.53. The van der Waals surface area contributed by atoms with Gasteiger partial charge in [0.1, 0.15) is 5.60 Å². The van der Waals surface area contributed by atoms with Gasteiger partial charge in [-0.25, -0.2) is 4.79 Å². The minimum atomic E-state index is -0.507. The van der Waals surface area contributed by atoms with Crippen molar-refractivity contribution in [3.8, 4) is 0 Å². The maximum atomic E-state index is 11.7. The molecule has 0 radical (unpaired) electrons. The number of ether oxygens (including phenoxy) is 1. The van der Waals surface area contributed by atoms with Crippen LogP contribution in [0.25, 0.3) is 10.9 Å². The van der Waals surface area contributed by atoms with Gasteiger partial charge in [-0.2, -0.15) is 5.10 Å². The van der Waals surface area contributed by atoms with Crippen LogP contribution in [0.15, 0.2) is 24.4 Å². The summed E-state index contributed by atoms with van der Waals surface area (Å²) < 4.78 is 6.93. The van der Waals surface area contributed by atoms with Crippen molar-refractivity contribution < 1.29 is 9.53 Å². The largest absolute Gasteiger partial charge is 0.457 e. The highest BCUT2D eigenvalue weighted by Crippen LogP contribution is 2.31. The lowest BCUT2D eigenvalue weighted by Crippen LogP contribution is -2.22. The van der Waals surface area contributed by atoms with E-state index in [4.69, 9.17) is 22.1 Å². The fourth-order valence-electron chi connectivity index (χ4n) is 2.16. The number of hydrogen-bond acceptors (Lipinski definition) is 4. The van der Waals surface area contributed by atoms with Crippen molar-refractivity contribution in [2.45, 2.75) is 32.8 Å². The van der Waals surface area contributed by atoms with Gasteiger partial charge in [0.15, 0.2) is 0 Å². The number of nitrogen functional groups attached to an aromatic ring is 1. The lowest BCUT2D eigenvalue weighted by molar-refractivity contribution is -0.148. The first-order valence-electron chi connectivity index (χ1n) is 6.97. The number of allylic oxidation sites excluding steroid dienone is 1. The molecule has 6 heteroatoms. The molecule has 0 unspecified atom stereocenters. The average molecular weight is 322 g/mol. The number of hydrogen-bond donors (Lipinski definition) is 1. The summed E-state index contributed by atoms with van der Waals surface area (Å²) in [5, 5.41) is 5.72. The van der Waals surface area contributed by atoms with Gasteiger partial charge < -0.3 is 10.5 Å². The molecular formula is C16H20ClN3O2. The summed E-state index contributed by atoms with van der Waals surface area (Å²) in [6.45, 7) is 5.48. The SMILES string of the molecule is Cn1cc2c(C/C=C/C(=O)OC(C)(C)C)c(N)c(Cl)cc2n1. The number of carbonyl (C=O) groups excluding carboxylic acids is 1. The summed E-state index contributed by atoms with van der Waals surface area (Å²) in [6, 6.07) is 1.74. The molecule has 0 saturated carbocycles. The number of aryl methyl sites for hydroxylation is 1. The molecule has 1 aromatic heterocycles. The van der Waals surface area contributed by atoms with E-state index in [0.29, 0.717) is 17.1 Å². The number of carbonyl (C=O) groups is 1. The Morgan fingerprint density at radius 1 is 1.50 bits per heavy atom. The van der Waals surface area contributed by atoms with Crippen LogP contribution < -0.4 is 5.73 Å². The highest BCUT2D eigenvalue weighted by Gasteiger charge is 2.14. The summed E-state index contributed by atoms with van der Waals surface area (Å²) in [5.74, 6) is -0.379. The monoisotopic (exact) mass is 321 g/mol. The van der Waals surface area contributed by atoms with E-state index in [9.17, 15) is 4.79 Å². The molecule has 0 saturated heterocycles. The first-order valence-corrected chi connectivity index (χ1v) is 7.35. The maximum absolute atomic E-state index is 11.7. The first-order chi connectivity index (χ1) is 10.2. The Bertz CT molecular complexity index is 742. The van der Waals surface area contributed by atoms with Gasteiger partial charge >= 0.3 is 5.97 Å². The Labute approximate surface area is 134 Å². The minimum absolute atomic E-state index is 0.379.